The third kappa shape index (κ3) is 0.516. The molecule has 0 amide bonds. The molecule has 0 fully saturated rings. The summed E-state index contributed by atoms with van der Waals surface area (Å²) in [5, 5.41) is 0. The molecule has 0 aromatic carbocycles. The highest BCUT2D eigenvalue weighted by Gasteiger charge is 1.72. The van der Waals surface area contributed by atoms with Crippen molar-refractivity contribution in [3.8, 4) is 0 Å². The summed E-state index contributed by atoms with van der Waals surface area (Å²) in [6, 6.07) is 0. The van der Waals surface area contributed by atoms with Gasteiger partial charge >= 0.3 is 0 Å². The molecule has 0 saturated carbocycles. The maximum Gasteiger partial charge on any atom is 0.208 e. The first-order chi connectivity index (χ1) is 3.39. The molecule has 1 aliphatic rings. The Morgan fingerprint density at radius 3 is 3.00 bits per heavy atom. The van der Waals surface area contributed by atoms with Crippen molar-refractivity contribution in [3.05, 3.63) is 24.6 Å². The second-order valence-electron chi connectivity index (χ2n) is 0.881. The van der Waals surface area contributed by atoms with Gasteiger partial charge in [-0.2, -0.15) is 0 Å². The van der Waals surface area contributed by atoms with E-state index in [1.165, 1.54) is 12.5 Å². The van der Waals surface area contributed by atoms with Crippen molar-refractivity contribution in [1.82, 2.24) is 5.47 Å². The molecule has 0 atom stereocenters. The lowest BCUT2D eigenvalue weighted by atomic mass is 10.6. The predicted octanol–water partition coefficient (Wildman–Crippen LogP) is 0.549. The summed E-state index contributed by atoms with van der Waals surface area (Å²) in [6.07, 6.45) is 6.37. The van der Waals surface area contributed by atoms with E-state index in [1.54, 1.807) is 12.2 Å². The van der Waals surface area contributed by atoms with Crippen LogP contribution in [0.4, 0.5) is 0 Å². The Balaban J connectivity index is 2.49. The quantitative estimate of drug-likeness (QED) is 0.462. The van der Waals surface area contributed by atoms with Crippen LogP contribution in [0.1, 0.15) is 0 Å². The molecule has 0 radical (unpaired) electrons. The van der Waals surface area contributed by atoms with Crippen LogP contribution in [-0.4, -0.2) is 0 Å². The maximum absolute atomic E-state index is 6.74. The molecule has 0 unspecified atom stereocenters. The molecule has 0 aliphatic carbocycles. The topological polar surface area (TPSA) is 21.3 Å². The molecule has 1 N–H and O–H groups in total. The maximum atomic E-state index is 6.74. The zero-order valence-electron chi connectivity index (χ0n) is 4.16. The number of allylic oxidation sites excluding steroid dienone is 2. The highest BCUT2D eigenvalue weighted by atomic mass is 16.6. The Hall–Kier alpha value is -0.920. The summed E-state index contributed by atoms with van der Waals surface area (Å²) >= 11 is 0. The monoisotopic (exact) mass is 84.0 g/mol. The standard InChI is InChI=1S/C4H5NO/c1-2-4-6-5-3-1/h1-5H/i/hD. The van der Waals surface area contributed by atoms with E-state index in [2.05, 4.69) is 4.84 Å². The van der Waals surface area contributed by atoms with Gasteiger partial charge in [0.05, 0.1) is 0 Å². The summed E-state index contributed by atoms with van der Waals surface area (Å²) < 4.78 is 6.74. The fourth-order valence-corrected chi connectivity index (χ4v) is 0.236. The van der Waals surface area contributed by atoms with E-state index in [0.717, 1.165) is 5.47 Å². The van der Waals surface area contributed by atoms with Gasteiger partial charge in [-0.05, 0) is 12.2 Å². The molecular weight excluding hydrogens is 78.0 g/mol. The Morgan fingerprint density at radius 1 is 1.67 bits per heavy atom. The first-order valence-corrected chi connectivity index (χ1v) is 1.68. The Morgan fingerprint density at radius 2 is 2.67 bits per heavy atom. The third-order valence-electron chi connectivity index (χ3n) is 0.458. The van der Waals surface area contributed by atoms with Gasteiger partial charge in [-0.25, -0.2) is 5.47 Å². The smallest absolute Gasteiger partial charge is 0.208 e. The largest absolute Gasteiger partial charge is 0.391 e. The summed E-state index contributed by atoms with van der Waals surface area (Å²) in [5.74, 6) is 0. The van der Waals surface area contributed by atoms with Crippen molar-refractivity contribution < 1.29 is 6.25 Å². The molecule has 0 spiro atoms. The van der Waals surface area contributed by atoms with Crippen LogP contribution in [0.2, 0.25) is 1.41 Å². The molecule has 6 heavy (non-hydrogen) atoms. The number of rotatable bonds is 0. The van der Waals surface area contributed by atoms with E-state index >= 15 is 0 Å². The van der Waals surface area contributed by atoms with Crippen LogP contribution in [0.25, 0.3) is 0 Å². The molecule has 1 aliphatic heterocycles. The second kappa shape index (κ2) is 1.50. The summed E-state index contributed by atoms with van der Waals surface area (Å²) in [6.45, 7) is 0. The summed E-state index contributed by atoms with van der Waals surface area (Å²) in [7, 11) is 0. The number of hydrogen-bond acceptors (Lipinski definition) is 2. The van der Waals surface area contributed by atoms with Gasteiger partial charge in [-0.3, -0.25) is 0 Å². The molecule has 1 heterocycles. The Bertz CT molecular complexity index is 110. The fourth-order valence-electron chi connectivity index (χ4n) is 0.236. The van der Waals surface area contributed by atoms with Crippen LogP contribution < -0.4 is 5.47 Å². The number of hydrogen-bond donors (Lipinski definition) is 1. The molecule has 32 valence electrons. The Labute approximate surface area is 37.5 Å². The fraction of sp³-hybridized carbons (Fsp3) is 0. The van der Waals surface area contributed by atoms with E-state index < -0.39 is 0 Å². The SMILES string of the molecule is [2H]N1C=CC=CO1. The molecule has 2 heteroatoms. The van der Waals surface area contributed by atoms with Crippen LogP contribution in [0.5, 0.6) is 0 Å². The lowest BCUT2D eigenvalue weighted by Gasteiger charge is -1.97. The molecule has 0 aromatic heterocycles. The van der Waals surface area contributed by atoms with Gasteiger partial charge < -0.3 is 4.84 Å². The van der Waals surface area contributed by atoms with Crippen LogP contribution >= 0.6 is 0 Å². The van der Waals surface area contributed by atoms with E-state index in [4.69, 9.17) is 1.41 Å². The van der Waals surface area contributed by atoms with E-state index in [0.29, 0.717) is 0 Å². The first kappa shape index (κ1) is 2.29. The zero-order valence-corrected chi connectivity index (χ0v) is 3.16. The van der Waals surface area contributed by atoms with Crippen molar-refractivity contribution in [2.24, 2.45) is 0 Å². The van der Waals surface area contributed by atoms with Crippen LogP contribution in [0, 0.1) is 0 Å². The van der Waals surface area contributed by atoms with Crippen molar-refractivity contribution in [2.45, 2.75) is 0 Å². The van der Waals surface area contributed by atoms with Crippen LogP contribution in [0.15, 0.2) is 24.6 Å². The lowest BCUT2D eigenvalue weighted by Crippen LogP contribution is -2.01. The highest BCUT2D eigenvalue weighted by Crippen LogP contribution is 1.80. The average Bonchev–Trinajstić information content (AvgIpc) is 1.69. The molecular formula is C4H5NO. The molecule has 2 nitrogen and oxygen atoms in total. The van der Waals surface area contributed by atoms with Gasteiger partial charge in [-0.1, -0.05) is 0 Å². The number of hydroxylamine groups is 1. The van der Waals surface area contributed by atoms with Gasteiger partial charge in [0, 0.05) is 6.20 Å². The highest BCUT2D eigenvalue weighted by molar-refractivity contribution is 5.00. The van der Waals surface area contributed by atoms with Crippen molar-refractivity contribution >= 4 is 0 Å². The van der Waals surface area contributed by atoms with Gasteiger partial charge in [0.2, 0.25) is 1.41 Å². The van der Waals surface area contributed by atoms with Gasteiger partial charge in [0.1, 0.15) is 6.26 Å². The summed E-state index contributed by atoms with van der Waals surface area (Å²) in [5.41, 5.74) is 0.875. The predicted molar refractivity (Wildman–Crippen MR) is 22.5 cm³/mol. The Kier molecular flexibility index (Phi) is 0.572. The summed E-state index contributed by atoms with van der Waals surface area (Å²) in [4.78, 5) is 4.51. The zero-order chi connectivity index (χ0) is 5.11. The third-order valence-corrected chi connectivity index (χ3v) is 0.458. The average molecular weight is 84.1 g/mol. The van der Waals surface area contributed by atoms with E-state index in [9.17, 15) is 0 Å². The minimum Gasteiger partial charge on any atom is -0.391 e. The van der Waals surface area contributed by atoms with Crippen molar-refractivity contribution in [1.29, 1.82) is 0 Å². The molecule has 1 rings (SSSR count). The minimum atomic E-state index is 0.875. The van der Waals surface area contributed by atoms with Gasteiger partial charge in [0.25, 0.3) is 0 Å². The van der Waals surface area contributed by atoms with Crippen molar-refractivity contribution in [3.63, 3.8) is 0 Å². The second-order valence-corrected chi connectivity index (χ2v) is 0.881. The molecule has 0 aromatic rings. The van der Waals surface area contributed by atoms with Crippen LogP contribution in [-0.2, 0) is 4.84 Å². The van der Waals surface area contributed by atoms with Crippen molar-refractivity contribution in [2.75, 3.05) is 0 Å². The van der Waals surface area contributed by atoms with E-state index in [1.807, 2.05) is 0 Å². The first-order valence-electron chi connectivity index (χ1n) is 2.12. The lowest BCUT2D eigenvalue weighted by molar-refractivity contribution is 0.172. The van der Waals surface area contributed by atoms with E-state index in [-0.39, 0.29) is 0 Å². The number of nitrogens with one attached hydrogen (secondary N) is 1. The normalized spacial score (nSPS) is 20.0. The van der Waals surface area contributed by atoms with Crippen LogP contribution in [0.3, 0.4) is 0 Å². The van der Waals surface area contributed by atoms with Gasteiger partial charge in [-0.15, -0.1) is 0 Å². The van der Waals surface area contributed by atoms with Gasteiger partial charge in [0.15, 0.2) is 0 Å². The molecule has 0 saturated heterocycles. The molecule has 0 bridgehead atoms. The minimum absolute atomic E-state index is 0.875.